The van der Waals surface area contributed by atoms with Crippen molar-refractivity contribution in [1.82, 2.24) is 10.2 Å². The van der Waals surface area contributed by atoms with Crippen molar-refractivity contribution in [2.45, 2.75) is 58.9 Å². The highest BCUT2D eigenvalue weighted by atomic mass is 16.2. The third-order valence-electron chi connectivity index (χ3n) is 6.10. The topological polar surface area (TPSA) is 49.4 Å². The zero-order chi connectivity index (χ0) is 18.9. The summed E-state index contributed by atoms with van der Waals surface area (Å²) < 4.78 is 0. The molecule has 26 heavy (non-hydrogen) atoms. The summed E-state index contributed by atoms with van der Waals surface area (Å²) in [7, 11) is 0. The van der Waals surface area contributed by atoms with Crippen molar-refractivity contribution >= 4 is 11.8 Å². The zero-order valence-electron chi connectivity index (χ0n) is 16.5. The fourth-order valence-electron chi connectivity index (χ4n) is 4.31. The van der Waals surface area contributed by atoms with Gasteiger partial charge in [0.2, 0.25) is 11.8 Å². The molecule has 4 heteroatoms. The lowest BCUT2D eigenvalue weighted by Gasteiger charge is -2.47. The predicted molar refractivity (Wildman–Crippen MR) is 104 cm³/mol. The number of piperidine rings is 1. The molecular weight excluding hydrogens is 324 g/mol. The molecule has 2 amide bonds. The Morgan fingerprint density at radius 1 is 1.23 bits per heavy atom. The second-order valence-corrected chi connectivity index (χ2v) is 8.90. The molecule has 142 valence electrons. The predicted octanol–water partition coefficient (Wildman–Crippen LogP) is 3.58. The van der Waals surface area contributed by atoms with Crippen LogP contribution in [0.4, 0.5) is 0 Å². The van der Waals surface area contributed by atoms with Crippen molar-refractivity contribution in [1.29, 1.82) is 0 Å². The Bertz CT molecular complexity index is 653. The van der Waals surface area contributed by atoms with Gasteiger partial charge in [0, 0.05) is 24.9 Å². The van der Waals surface area contributed by atoms with Crippen molar-refractivity contribution in [3.05, 3.63) is 35.9 Å². The number of hydrogen-bond donors (Lipinski definition) is 1. The molecule has 1 unspecified atom stereocenters. The van der Waals surface area contributed by atoms with Crippen molar-refractivity contribution in [2.24, 2.45) is 17.3 Å². The van der Waals surface area contributed by atoms with Gasteiger partial charge in [0.05, 0.1) is 6.04 Å². The van der Waals surface area contributed by atoms with Gasteiger partial charge in [-0.2, -0.15) is 0 Å². The van der Waals surface area contributed by atoms with Crippen LogP contribution in [-0.4, -0.2) is 35.8 Å². The number of hydrogen-bond acceptors (Lipinski definition) is 2. The van der Waals surface area contributed by atoms with Crippen molar-refractivity contribution in [3.63, 3.8) is 0 Å². The quantitative estimate of drug-likeness (QED) is 0.877. The van der Waals surface area contributed by atoms with Crippen LogP contribution in [0.5, 0.6) is 0 Å². The summed E-state index contributed by atoms with van der Waals surface area (Å²) in [6.07, 6.45) is 3.05. The standard InChI is InChI=1S/C22H32N2O2/c1-15(2)21(26)24-12-8-11-22(3,4)19(24)14-23-20(25)18-13-17(18)16-9-6-5-7-10-16/h5-7,9-10,15,17-19H,8,11-14H2,1-4H3,(H,23,25)/t17-,18+,19?/m1/s1. The molecule has 3 rings (SSSR count). The first-order chi connectivity index (χ1) is 12.3. The smallest absolute Gasteiger partial charge is 0.225 e. The molecule has 4 nitrogen and oxygen atoms in total. The van der Waals surface area contributed by atoms with Gasteiger partial charge in [-0.15, -0.1) is 0 Å². The lowest BCUT2D eigenvalue weighted by molar-refractivity contribution is -0.142. The Balaban J connectivity index is 1.61. The third-order valence-corrected chi connectivity index (χ3v) is 6.10. The molecule has 0 aromatic heterocycles. The molecule has 1 heterocycles. The zero-order valence-corrected chi connectivity index (χ0v) is 16.5. The molecule has 0 bridgehead atoms. The van der Waals surface area contributed by atoms with E-state index in [1.54, 1.807) is 0 Å². The lowest BCUT2D eigenvalue weighted by Crippen LogP contribution is -2.58. The first-order valence-electron chi connectivity index (χ1n) is 9.94. The monoisotopic (exact) mass is 356 g/mol. The van der Waals surface area contributed by atoms with E-state index in [0.29, 0.717) is 12.5 Å². The minimum Gasteiger partial charge on any atom is -0.354 e. The number of amides is 2. The lowest BCUT2D eigenvalue weighted by atomic mass is 9.76. The molecule has 1 aliphatic carbocycles. The minimum atomic E-state index is -0.00649. The van der Waals surface area contributed by atoms with Gasteiger partial charge in [-0.1, -0.05) is 58.0 Å². The van der Waals surface area contributed by atoms with E-state index in [2.05, 4.69) is 31.3 Å². The van der Waals surface area contributed by atoms with Crippen LogP contribution in [-0.2, 0) is 9.59 Å². The second kappa shape index (κ2) is 7.42. The number of carbonyl (C=O) groups excluding carboxylic acids is 2. The van der Waals surface area contributed by atoms with E-state index in [1.165, 1.54) is 5.56 Å². The maximum Gasteiger partial charge on any atom is 0.225 e. The molecule has 1 aliphatic heterocycles. The summed E-state index contributed by atoms with van der Waals surface area (Å²) in [6.45, 7) is 9.70. The summed E-state index contributed by atoms with van der Waals surface area (Å²) in [5, 5.41) is 3.16. The van der Waals surface area contributed by atoms with E-state index in [4.69, 9.17) is 0 Å². The molecule has 1 saturated heterocycles. The summed E-state index contributed by atoms with van der Waals surface area (Å²) in [6, 6.07) is 10.3. The highest BCUT2D eigenvalue weighted by Gasteiger charge is 2.45. The van der Waals surface area contributed by atoms with Crippen molar-refractivity contribution < 1.29 is 9.59 Å². The highest BCUT2D eigenvalue weighted by molar-refractivity contribution is 5.83. The van der Waals surface area contributed by atoms with Crippen LogP contribution in [0.2, 0.25) is 0 Å². The van der Waals surface area contributed by atoms with Crippen molar-refractivity contribution in [2.75, 3.05) is 13.1 Å². The van der Waals surface area contributed by atoms with E-state index in [-0.39, 0.29) is 35.1 Å². The Morgan fingerprint density at radius 2 is 1.92 bits per heavy atom. The van der Waals surface area contributed by atoms with E-state index >= 15 is 0 Å². The Labute approximate surface area is 157 Å². The molecule has 1 N–H and O–H groups in total. The number of benzene rings is 1. The van der Waals surface area contributed by atoms with Gasteiger partial charge < -0.3 is 10.2 Å². The summed E-state index contributed by atoms with van der Waals surface area (Å²) >= 11 is 0. The van der Waals surface area contributed by atoms with Crippen LogP contribution in [0.15, 0.2) is 30.3 Å². The summed E-state index contributed by atoms with van der Waals surface area (Å²) in [5.41, 5.74) is 1.28. The van der Waals surface area contributed by atoms with Crippen LogP contribution >= 0.6 is 0 Å². The highest BCUT2D eigenvalue weighted by Crippen LogP contribution is 2.47. The average Bonchev–Trinajstić information content (AvgIpc) is 3.40. The average molecular weight is 357 g/mol. The van der Waals surface area contributed by atoms with Crippen LogP contribution < -0.4 is 5.32 Å². The van der Waals surface area contributed by atoms with Gasteiger partial charge in [0.25, 0.3) is 0 Å². The SMILES string of the molecule is CC(C)C(=O)N1CCCC(C)(C)C1CNC(=O)[C@H]1C[C@@H]1c1ccccc1. The Kier molecular flexibility index (Phi) is 5.40. The maximum absolute atomic E-state index is 12.6. The minimum absolute atomic E-state index is 0.00649. The van der Waals surface area contributed by atoms with Crippen LogP contribution in [0.3, 0.4) is 0 Å². The fourth-order valence-corrected chi connectivity index (χ4v) is 4.31. The summed E-state index contributed by atoms with van der Waals surface area (Å²) in [5.74, 6) is 0.762. The van der Waals surface area contributed by atoms with Crippen molar-refractivity contribution in [3.8, 4) is 0 Å². The molecule has 3 atom stereocenters. The van der Waals surface area contributed by atoms with Gasteiger partial charge in [-0.05, 0) is 36.2 Å². The number of rotatable bonds is 5. The first-order valence-corrected chi connectivity index (χ1v) is 9.94. The normalized spacial score (nSPS) is 27.3. The molecule has 1 aromatic carbocycles. The molecule has 0 radical (unpaired) electrons. The van der Waals surface area contributed by atoms with E-state index in [1.807, 2.05) is 36.9 Å². The van der Waals surface area contributed by atoms with E-state index < -0.39 is 0 Å². The van der Waals surface area contributed by atoms with E-state index in [9.17, 15) is 9.59 Å². The number of likely N-dealkylation sites (tertiary alicyclic amines) is 1. The first kappa shape index (κ1) is 18.9. The summed E-state index contributed by atoms with van der Waals surface area (Å²) in [4.78, 5) is 27.3. The number of carbonyl (C=O) groups is 2. The molecule has 1 saturated carbocycles. The van der Waals surface area contributed by atoms with Gasteiger partial charge in [0.15, 0.2) is 0 Å². The fraction of sp³-hybridized carbons (Fsp3) is 0.636. The second-order valence-electron chi connectivity index (χ2n) is 8.90. The van der Waals surface area contributed by atoms with E-state index in [0.717, 1.165) is 25.8 Å². The number of nitrogens with one attached hydrogen (secondary N) is 1. The molecule has 2 fully saturated rings. The maximum atomic E-state index is 12.6. The Hall–Kier alpha value is -1.84. The molecular formula is C22H32N2O2. The van der Waals surface area contributed by atoms with Gasteiger partial charge in [-0.25, -0.2) is 0 Å². The van der Waals surface area contributed by atoms with Gasteiger partial charge >= 0.3 is 0 Å². The van der Waals surface area contributed by atoms with Crippen LogP contribution in [0, 0.1) is 17.3 Å². The third kappa shape index (κ3) is 3.94. The molecule has 2 aliphatic rings. The number of nitrogens with zero attached hydrogens (tertiary/aromatic N) is 1. The molecule has 1 aromatic rings. The van der Waals surface area contributed by atoms with Gasteiger partial charge in [0.1, 0.15) is 0 Å². The Morgan fingerprint density at radius 3 is 2.58 bits per heavy atom. The van der Waals surface area contributed by atoms with Crippen LogP contribution in [0.1, 0.15) is 58.4 Å². The largest absolute Gasteiger partial charge is 0.354 e. The van der Waals surface area contributed by atoms with Gasteiger partial charge in [-0.3, -0.25) is 9.59 Å². The van der Waals surface area contributed by atoms with Crippen LogP contribution in [0.25, 0.3) is 0 Å². The molecule has 0 spiro atoms.